The molecule has 0 aliphatic carbocycles. The maximum Gasteiger partial charge on any atom is 0.330 e. The van der Waals surface area contributed by atoms with E-state index in [1.807, 2.05) is 31.2 Å². The first-order valence-corrected chi connectivity index (χ1v) is 8.26. The summed E-state index contributed by atoms with van der Waals surface area (Å²) < 4.78 is 5.15. The minimum atomic E-state index is -1.07. The maximum atomic E-state index is 12.4. The second kappa shape index (κ2) is 8.87. The molecule has 132 valence electrons. The third-order valence-electron chi connectivity index (χ3n) is 4.20. The number of carbonyl (C=O) groups is 2. The smallest absolute Gasteiger partial charge is 0.330 e. The number of carbonyl (C=O) groups excluding carboxylic acids is 1. The van der Waals surface area contributed by atoms with Crippen LogP contribution in [0.4, 0.5) is 0 Å². The van der Waals surface area contributed by atoms with Crippen LogP contribution in [-0.4, -0.2) is 24.1 Å². The van der Waals surface area contributed by atoms with Gasteiger partial charge < -0.3 is 15.2 Å². The Bertz CT molecular complexity index is 697. The van der Waals surface area contributed by atoms with Gasteiger partial charge in [0.05, 0.1) is 7.11 Å². The number of aliphatic carboxylic acids is 1. The highest BCUT2D eigenvalue weighted by atomic mass is 16.5. The van der Waals surface area contributed by atoms with E-state index in [1.165, 1.54) is 0 Å². The van der Waals surface area contributed by atoms with Gasteiger partial charge in [-0.25, -0.2) is 4.79 Å². The first kappa shape index (κ1) is 18.5. The van der Waals surface area contributed by atoms with Gasteiger partial charge in [-0.15, -0.1) is 0 Å². The van der Waals surface area contributed by atoms with Crippen molar-refractivity contribution in [3.05, 3.63) is 65.7 Å². The van der Waals surface area contributed by atoms with Crippen LogP contribution in [0.5, 0.6) is 5.75 Å². The molecule has 0 heterocycles. The highest BCUT2D eigenvalue weighted by Crippen LogP contribution is 2.25. The van der Waals surface area contributed by atoms with Gasteiger partial charge in [0.15, 0.2) is 6.04 Å². The molecule has 5 heteroatoms. The molecule has 2 atom stereocenters. The Labute approximate surface area is 147 Å². The first-order valence-electron chi connectivity index (χ1n) is 8.26. The summed E-state index contributed by atoms with van der Waals surface area (Å²) in [6.45, 7) is 2.01. The van der Waals surface area contributed by atoms with Gasteiger partial charge in [-0.3, -0.25) is 4.79 Å². The molecule has 2 aromatic carbocycles. The van der Waals surface area contributed by atoms with Gasteiger partial charge in [0, 0.05) is 6.42 Å². The Hall–Kier alpha value is -2.82. The van der Waals surface area contributed by atoms with Crippen molar-refractivity contribution in [1.82, 2.24) is 5.32 Å². The monoisotopic (exact) mass is 341 g/mol. The lowest BCUT2D eigenvalue weighted by Gasteiger charge is -2.19. The lowest BCUT2D eigenvalue weighted by Crippen LogP contribution is -2.34. The quantitative estimate of drug-likeness (QED) is 0.770. The van der Waals surface area contributed by atoms with E-state index in [2.05, 4.69) is 5.32 Å². The topological polar surface area (TPSA) is 75.6 Å². The average Bonchev–Trinajstić information content (AvgIpc) is 2.64. The van der Waals surface area contributed by atoms with Crippen LogP contribution in [0.15, 0.2) is 54.6 Å². The summed E-state index contributed by atoms with van der Waals surface area (Å²) in [5, 5.41) is 12.0. The Kier molecular flexibility index (Phi) is 6.57. The summed E-state index contributed by atoms with van der Waals surface area (Å²) in [4.78, 5) is 23.9. The zero-order valence-corrected chi connectivity index (χ0v) is 14.4. The molecule has 25 heavy (non-hydrogen) atoms. The third-order valence-corrected chi connectivity index (χ3v) is 4.20. The van der Waals surface area contributed by atoms with Crippen LogP contribution in [0.25, 0.3) is 0 Å². The van der Waals surface area contributed by atoms with Crippen molar-refractivity contribution in [2.75, 3.05) is 7.11 Å². The fraction of sp³-hybridized carbons (Fsp3) is 0.300. The van der Waals surface area contributed by atoms with Crippen molar-refractivity contribution in [3.8, 4) is 5.75 Å². The summed E-state index contributed by atoms with van der Waals surface area (Å²) >= 11 is 0. The highest BCUT2D eigenvalue weighted by Gasteiger charge is 2.23. The molecule has 2 aromatic rings. The van der Waals surface area contributed by atoms with Crippen LogP contribution in [-0.2, 0) is 9.59 Å². The van der Waals surface area contributed by atoms with E-state index >= 15 is 0 Å². The summed E-state index contributed by atoms with van der Waals surface area (Å²) in [5.74, 6) is -0.565. The number of hydrogen-bond donors (Lipinski definition) is 2. The van der Waals surface area contributed by atoms with Gasteiger partial charge in [-0.1, -0.05) is 49.4 Å². The van der Waals surface area contributed by atoms with Gasteiger partial charge in [-0.05, 0) is 35.6 Å². The van der Waals surface area contributed by atoms with Crippen molar-refractivity contribution in [2.24, 2.45) is 0 Å². The molecule has 0 aliphatic rings. The maximum absolute atomic E-state index is 12.4. The summed E-state index contributed by atoms with van der Waals surface area (Å²) in [7, 11) is 1.61. The molecule has 0 fully saturated rings. The molecule has 0 radical (unpaired) electrons. The molecule has 1 unspecified atom stereocenters. The van der Waals surface area contributed by atoms with Crippen molar-refractivity contribution < 1.29 is 19.4 Å². The highest BCUT2D eigenvalue weighted by molar-refractivity contribution is 5.85. The summed E-state index contributed by atoms with van der Waals surface area (Å²) in [6, 6.07) is 15.3. The predicted molar refractivity (Wildman–Crippen MR) is 95.6 cm³/mol. The molecule has 0 aliphatic heterocycles. The van der Waals surface area contributed by atoms with Gasteiger partial charge in [-0.2, -0.15) is 0 Å². The summed E-state index contributed by atoms with van der Waals surface area (Å²) in [6.07, 6.45) is 1.02. The molecule has 0 bridgehead atoms. The van der Waals surface area contributed by atoms with Crippen molar-refractivity contribution in [2.45, 2.75) is 31.7 Å². The van der Waals surface area contributed by atoms with Gasteiger partial charge >= 0.3 is 5.97 Å². The number of nitrogens with one attached hydrogen (secondary N) is 1. The minimum absolute atomic E-state index is 0.0242. The number of methoxy groups -OCH3 is 1. The van der Waals surface area contributed by atoms with Gasteiger partial charge in [0.2, 0.25) is 5.91 Å². The Morgan fingerprint density at radius 1 is 1.04 bits per heavy atom. The zero-order chi connectivity index (χ0) is 18.2. The Balaban J connectivity index is 2.06. The van der Waals surface area contributed by atoms with Crippen LogP contribution in [0.1, 0.15) is 42.9 Å². The van der Waals surface area contributed by atoms with Gasteiger partial charge in [0.1, 0.15) is 5.75 Å². The predicted octanol–water partition coefficient (Wildman–Crippen LogP) is 3.52. The van der Waals surface area contributed by atoms with Crippen LogP contribution in [0.3, 0.4) is 0 Å². The molecule has 0 aromatic heterocycles. The Morgan fingerprint density at radius 3 is 2.20 bits per heavy atom. The van der Waals surface area contributed by atoms with E-state index in [1.54, 1.807) is 37.4 Å². The van der Waals surface area contributed by atoms with Crippen LogP contribution in [0.2, 0.25) is 0 Å². The number of benzene rings is 2. The van der Waals surface area contributed by atoms with Crippen molar-refractivity contribution in [3.63, 3.8) is 0 Å². The number of rotatable bonds is 8. The number of carboxylic acids is 1. The normalized spacial score (nSPS) is 12.9. The fourth-order valence-corrected chi connectivity index (χ4v) is 2.75. The molecule has 2 N–H and O–H groups in total. The standard InChI is InChI=1S/C20H23NO4/c1-3-14(15-9-11-17(25-2)12-10-15)13-18(22)21-19(20(23)24)16-7-5-4-6-8-16/h4-12,14,19H,3,13H2,1-2H3,(H,21,22)(H,23,24)/t14?,19-/m1/s1. The molecule has 2 rings (SSSR count). The van der Waals surface area contributed by atoms with E-state index in [0.717, 1.165) is 17.7 Å². The lowest BCUT2D eigenvalue weighted by molar-refractivity contribution is -0.142. The molecular weight excluding hydrogens is 318 g/mol. The van der Waals surface area contributed by atoms with Crippen molar-refractivity contribution in [1.29, 1.82) is 0 Å². The lowest BCUT2D eigenvalue weighted by atomic mass is 9.92. The van der Waals surface area contributed by atoms with Crippen LogP contribution >= 0.6 is 0 Å². The number of ether oxygens (including phenoxy) is 1. The second-order valence-corrected chi connectivity index (χ2v) is 5.83. The van der Waals surface area contributed by atoms with E-state index < -0.39 is 12.0 Å². The average molecular weight is 341 g/mol. The molecule has 0 spiro atoms. The largest absolute Gasteiger partial charge is 0.497 e. The first-order chi connectivity index (χ1) is 12.0. The Morgan fingerprint density at radius 2 is 1.68 bits per heavy atom. The third kappa shape index (κ3) is 5.08. The van der Waals surface area contributed by atoms with E-state index in [-0.39, 0.29) is 18.2 Å². The fourth-order valence-electron chi connectivity index (χ4n) is 2.75. The van der Waals surface area contributed by atoms with Crippen molar-refractivity contribution >= 4 is 11.9 Å². The molecule has 0 saturated heterocycles. The number of amides is 1. The number of carboxylic acid groups (broad SMARTS) is 1. The van der Waals surface area contributed by atoms with Gasteiger partial charge in [0.25, 0.3) is 0 Å². The summed E-state index contributed by atoms with van der Waals surface area (Å²) in [5.41, 5.74) is 1.59. The van der Waals surface area contributed by atoms with Crippen LogP contribution in [0, 0.1) is 0 Å². The van der Waals surface area contributed by atoms with Crippen LogP contribution < -0.4 is 10.1 Å². The molecule has 5 nitrogen and oxygen atoms in total. The second-order valence-electron chi connectivity index (χ2n) is 5.83. The number of hydrogen-bond acceptors (Lipinski definition) is 3. The van der Waals surface area contributed by atoms with E-state index in [4.69, 9.17) is 4.74 Å². The SMILES string of the molecule is CCC(CC(=O)N[C@@H](C(=O)O)c1ccccc1)c1ccc(OC)cc1. The van der Waals surface area contributed by atoms with E-state index in [0.29, 0.717) is 5.56 Å². The van der Waals surface area contributed by atoms with E-state index in [9.17, 15) is 14.7 Å². The zero-order valence-electron chi connectivity index (χ0n) is 14.4. The molecular formula is C20H23NO4. The minimum Gasteiger partial charge on any atom is -0.497 e. The molecule has 0 saturated carbocycles. The molecule has 1 amide bonds.